The van der Waals surface area contributed by atoms with Crippen molar-refractivity contribution in [2.45, 2.75) is 179 Å². The Morgan fingerprint density at radius 3 is 2.04 bits per heavy atom. The van der Waals surface area contributed by atoms with Gasteiger partial charge in [-0.1, -0.05) is 27.7 Å². The standard InChI is InChI=1S/C37H67NO13/c1-14-25-37(10,45)30(41)20(4)27(39)18(2)16-35(8,44)32(51-34-28(40)24(38(11)12)15-19(3)47-34)21(5)29(22(6)33(43)49-25)50-26-17-36(9,46-13)31(42)23(7)48-26/h18-26,28-32,34,40-42,44-45H,14-17H2,1-13H3/t18-,19+,20+,21+,22-,23-,24-,25-,26+,28+,29+,30-,31+,32-,34+,35-,36+,37-/m1/s1. The van der Waals surface area contributed by atoms with Crippen LogP contribution in [0.15, 0.2) is 0 Å². The van der Waals surface area contributed by atoms with Crippen molar-refractivity contribution in [3.05, 3.63) is 0 Å². The summed E-state index contributed by atoms with van der Waals surface area (Å²) in [5, 5.41) is 57.6. The number of Topliss-reactive ketones (excluding diaryl/α,β-unsaturated/α-hetero) is 1. The summed E-state index contributed by atoms with van der Waals surface area (Å²) in [7, 11) is 5.18. The number of ketones is 1. The van der Waals surface area contributed by atoms with E-state index in [1.165, 1.54) is 27.9 Å². The van der Waals surface area contributed by atoms with Gasteiger partial charge in [0.15, 0.2) is 12.6 Å². The van der Waals surface area contributed by atoms with Crippen LogP contribution in [-0.2, 0) is 38.0 Å². The van der Waals surface area contributed by atoms with Crippen LogP contribution in [0.4, 0.5) is 0 Å². The molecule has 0 aliphatic carbocycles. The summed E-state index contributed by atoms with van der Waals surface area (Å²) in [6.45, 7) is 16.3. The zero-order chi connectivity index (χ0) is 39.0. The van der Waals surface area contributed by atoms with E-state index >= 15 is 0 Å². The number of carbonyl (C=O) groups is 2. The van der Waals surface area contributed by atoms with Crippen molar-refractivity contribution >= 4 is 11.8 Å². The van der Waals surface area contributed by atoms with Gasteiger partial charge < -0.3 is 58.9 Å². The topological polar surface area (TPSA) is 194 Å². The lowest BCUT2D eigenvalue weighted by molar-refractivity contribution is -0.318. The Labute approximate surface area is 304 Å². The third-order valence-electron chi connectivity index (χ3n) is 11.8. The minimum Gasteiger partial charge on any atom is -0.459 e. The smallest absolute Gasteiger partial charge is 0.311 e. The highest BCUT2D eigenvalue weighted by atomic mass is 16.7. The van der Waals surface area contributed by atoms with E-state index in [1.54, 1.807) is 41.5 Å². The predicted molar refractivity (Wildman–Crippen MR) is 186 cm³/mol. The second-order valence-electron chi connectivity index (χ2n) is 16.5. The molecule has 3 saturated heterocycles. The third kappa shape index (κ3) is 9.51. The highest BCUT2D eigenvalue weighted by Gasteiger charge is 2.53. The highest BCUT2D eigenvalue weighted by Crippen LogP contribution is 2.40. The molecule has 0 amide bonds. The van der Waals surface area contributed by atoms with Crippen LogP contribution in [0, 0.1) is 23.7 Å². The van der Waals surface area contributed by atoms with Gasteiger partial charge in [-0.25, -0.2) is 0 Å². The molecule has 0 aromatic heterocycles. The summed E-state index contributed by atoms with van der Waals surface area (Å²) < 4.78 is 37.1. The Bertz CT molecular complexity index is 1170. The first-order valence-electron chi connectivity index (χ1n) is 18.5. The molecule has 3 fully saturated rings. The lowest BCUT2D eigenvalue weighted by Gasteiger charge is -2.49. The van der Waals surface area contributed by atoms with E-state index in [4.69, 9.17) is 28.4 Å². The zero-order valence-corrected chi connectivity index (χ0v) is 32.9. The lowest BCUT2D eigenvalue weighted by Crippen LogP contribution is -2.61. The zero-order valence-electron chi connectivity index (χ0n) is 32.9. The quantitative estimate of drug-likeness (QED) is 0.238. The number of rotatable bonds is 7. The maximum Gasteiger partial charge on any atom is 0.311 e. The van der Waals surface area contributed by atoms with Crippen LogP contribution < -0.4 is 0 Å². The van der Waals surface area contributed by atoms with Gasteiger partial charge in [0.25, 0.3) is 0 Å². The average Bonchev–Trinajstić information content (AvgIpc) is 3.05. The van der Waals surface area contributed by atoms with E-state index < -0.39 is 108 Å². The first-order chi connectivity index (χ1) is 23.4. The van der Waals surface area contributed by atoms with Crippen molar-refractivity contribution < 1.29 is 63.5 Å². The number of aliphatic hydroxyl groups excluding tert-OH is 3. The predicted octanol–water partition coefficient (Wildman–Crippen LogP) is 1.79. The molecule has 3 heterocycles. The average molecular weight is 734 g/mol. The normalized spacial score (nSPS) is 49.7. The number of carbonyl (C=O) groups excluding carboxylic acids is 2. The molecule has 0 bridgehead atoms. The summed E-state index contributed by atoms with van der Waals surface area (Å²) in [5.74, 6) is -4.98. The van der Waals surface area contributed by atoms with Gasteiger partial charge in [0.1, 0.15) is 29.7 Å². The number of ether oxygens (including phenoxy) is 6. The molecule has 51 heavy (non-hydrogen) atoms. The molecular formula is C37H67NO13. The van der Waals surface area contributed by atoms with Crippen LogP contribution in [-0.4, -0.2) is 148 Å². The number of esters is 1. The van der Waals surface area contributed by atoms with Gasteiger partial charge in [-0.05, 0) is 74.9 Å². The Kier molecular flexibility index (Phi) is 14.7. The van der Waals surface area contributed by atoms with E-state index in [-0.39, 0.29) is 31.4 Å². The van der Waals surface area contributed by atoms with Crippen LogP contribution >= 0.6 is 0 Å². The largest absolute Gasteiger partial charge is 0.459 e. The van der Waals surface area contributed by atoms with Gasteiger partial charge in [0.2, 0.25) is 0 Å². The molecule has 0 saturated carbocycles. The Balaban J connectivity index is 2.18. The molecule has 3 rings (SSSR count). The van der Waals surface area contributed by atoms with Gasteiger partial charge >= 0.3 is 5.97 Å². The minimum absolute atomic E-state index is 0.0936. The second kappa shape index (κ2) is 17.0. The number of cyclic esters (lactones) is 1. The molecule has 3 aliphatic rings. The maximum atomic E-state index is 14.1. The lowest BCUT2D eigenvalue weighted by atomic mass is 9.74. The van der Waals surface area contributed by atoms with Crippen LogP contribution in [0.3, 0.4) is 0 Å². The van der Waals surface area contributed by atoms with Gasteiger partial charge in [0, 0.05) is 37.3 Å². The van der Waals surface area contributed by atoms with Gasteiger partial charge in [-0.3, -0.25) is 9.59 Å². The summed E-state index contributed by atoms with van der Waals surface area (Å²) in [5.41, 5.74) is -4.84. The van der Waals surface area contributed by atoms with Crippen LogP contribution in [0.5, 0.6) is 0 Å². The van der Waals surface area contributed by atoms with Gasteiger partial charge in [0.05, 0.1) is 47.6 Å². The summed E-state index contributed by atoms with van der Waals surface area (Å²) in [6, 6.07) is -0.324. The monoisotopic (exact) mass is 733 g/mol. The molecule has 0 aromatic carbocycles. The Morgan fingerprint density at radius 1 is 0.882 bits per heavy atom. The molecule has 18 atom stereocenters. The molecular weight excluding hydrogens is 666 g/mol. The van der Waals surface area contributed by atoms with Crippen LogP contribution in [0.2, 0.25) is 0 Å². The van der Waals surface area contributed by atoms with E-state index in [0.29, 0.717) is 6.42 Å². The number of aliphatic hydroxyl groups is 5. The van der Waals surface area contributed by atoms with Crippen LogP contribution in [0.1, 0.15) is 94.9 Å². The SMILES string of the molecule is CC[C@H]1OC(=O)[C@H](C)[C@@H](O[C@H]2C[C@](C)(OC)[C@@H](O)[C@@H](C)O2)[C@H](C)[C@@H](O[C@@H]2O[C@@H](C)C[C@@H](N(C)C)[C@@H]2O)[C@](C)(O)C[C@@H](C)C(=O)[C@H](C)[C@@H](O)[C@]1(C)O. The fourth-order valence-electron chi connectivity index (χ4n) is 8.41. The second-order valence-corrected chi connectivity index (χ2v) is 16.5. The van der Waals surface area contributed by atoms with Crippen molar-refractivity contribution in [3.8, 4) is 0 Å². The minimum atomic E-state index is -1.99. The fraction of sp³-hybridized carbons (Fsp3) is 0.946. The summed E-state index contributed by atoms with van der Waals surface area (Å²) in [6.07, 6.45) is -9.71. The van der Waals surface area contributed by atoms with Crippen LogP contribution in [0.25, 0.3) is 0 Å². The molecule has 3 aliphatic heterocycles. The third-order valence-corrected chi connectivity index (χ3v) is 11.8. The first-order valence-corrected chi connectivity index (χ1v) is 18.5. The number of hydrogen-bond acceptors (Lipinski definition) is 14. The van der Waals surface area contributed by atoms with E-state index in [2.05, 4.69) is 0 Å². The molecule has 0 radical (unpaired) electrons. The summed E-state index contributed by atoms with van der Waals surface area (Å²) >= 11 is 0. The van der Waals surface area contributed by atoms with Gasteiger partial charge in [-0.15, -0.1) is 0 Å². The van der Waals surface area contributed by atoms with Crippen molar-refractivity contribution in [2.75, 3.05) is 21.2 Å². The maximum absolute atomic E-state index is 14.1. The molecule has 0 aromatic rings. The number of nitrogens with zero attached hydrogens (tertiary/aromatic N) is 1. The number of likely N-dealkylation sites (N-methyl/N-ethyl adjacent to an activating group) is 1. The first kappa shape index (κ1) is 44.1. The molecule has 298 valence electrons. The van der Waals surface area contributed by atoms with E-state index in [0.717, 1.165) is 0 Å². The van der Waals surface area contributed by atoms with Crippen molar-refractivity contribution in [2.24, 2.45) is 23.7 Å². The molecule has 5 N–H and O–H groups in total. The van der Waals surface area contributed by atoms with E-state index in [9.17, 15) is 35.1 Å². The molecule has 0 unspecified atom stereocenters. The van der Waals surface area contributed by atoms with Gasteiger partial charge in [-0.2, -0.15) is 0 Å². The van der Waals surface area contributed by atoms with Crippen molar-refractivity contribution in [1.82, 2.24) is 4.90 Å². The fourth-order valence-corrected chi connectivity index (χ4v) is 8.41. The highest BCUT2D eigenvalue weighted by molar-refractivity contribution is 5.83. The molecule has 14 heteroatoms. The number of methoxy groups -OCH3 is 1. The summed E-state index contributed by atoms with van der Waals surface area (Å²) in [4.78, 5) is 29.8. The number of hydrogen-bond donors (Lipinski definition) is 5. The van der Waals surface area contributed by atoms with E-state index in [1.807, 2.05) is 25.9 Å². The van der Waals surface area contributed by atoms with Crippen molar-refractivity contribution in [1.29, 1.82) is 0 Å². The Hall–Kier alpha value is -1.30. The van der Waals surface area contributed by atoms with Crippen molar-refractivity contribution in [3.63, 3.8) is 0 Å². The molecule has 0 spiro atoms. The molecule has 14 nitrogen and oxygen atoms in total. The Morgan fingerprint density at radius 2 is 1.49 bits per heavy atom.